The van der Waals surface area contributed by atoms with E-state index in [-0.39, 0.29) is 13.0 Å². The van der Waals surface area contributed by atoms with Crippen LogP contribution < -0.4 is 0 Å². The van der Waals surface area contributed by atoms with Gasteiger partial charge in [-0.2, -0.15) is 0 Å². The molecule has 2 atom stereocenters. The SMILES string of the molecule is CC(O)C(O)CCC[N+](=O)[O-]. The summed E-state index contributed by atoms with van der Waals surface area (Å²) in [6.45, 7) is 1.31. The first-order valence-corrected chi connectivity index (χ1v) is 3.52. The molecule has 0 saturated carbocycles. The van der Waals surface area contributed by atoms with Crippen molar-refractivity contribution in [2.24, 2.45) is 0 Å². The van der Waals surface area contributed by atoms with Crippen molar-refractivity contribution in [3.8, 4) is 0 Å². The van der Waals surface area contributed by atoms with Gasteiger partial charge in [-0.15, -0.1) is 0 Å². The molecule has 11 heavy (non-hydrogen) atoms. The third-order valence-corrected chi connectivity index (χ3v) is 1.40. The molecule has 0 aromatic carbocycles. The second kappa shape index (κ2) is 5.03. The molecule has 5 nitrogen and oxygen atoms in total. The van der Waals surface area contributed by atoms with Crippen molar-refractivity contribution in [1.82, 2.24) is 0 Å². The Kier molecular flexibility index (Phi) is 4.72. The molecule has 0 radical (unpaired) electrons. The highest BCUT2D eigenvalue weighted by Gasteiger charge is 2.11. The van der Waals surface area contributed by atoms with Crippen molar-refractivity contribution in [2.45, 2.75) is 32.0 Å². The van der Waals surface area contributed by atoms with Crippen LogP contribution in [-0.4, -0.2) is 33.9 Å². The summed E-state index contributed by atoms with van der Waals surface area (Å²) in [5.41, 5.74) is 0. The lowest BCUT2D eigenvalue weighted by Gasteiger charge is -2.11. The van der Waals surface area contributed by atoms with E-state index < -0.39 is 17.1 Å². The zero-order valence-corrected chi connectivity index (χ0v) is 6.43. The summed E-state index contributed by atoms with van der Waals surface area (Å²) in [5, 5.41) is 27.5. The van der Waals surface area contributed by atoms with Gasteiger partial charge in [0, 0.05) is 11.3 Å². The minimum atomic E-state index is -0.838. The molecule has 0 aromatic rings. The summed E-state index contributed by atoms with van der Waals surface area (Å²) in [4.78, 5) is 9.38. The lowest BCUT2D eigenvalue weighted by atomic mass is 10.1. The van der Waals surface area contributed by atoms with Crippen LogP contribution in [0.1, 0.15) is 19.8 Å². The van der Waals surface area contributed by atoms with E-state index in [0.29, 0.717) is 6.42 Å². The molecule has 0 spiro atoms. The number of hydrogen-bond donors (Lipinski definition) is 2. The smallest absolute Gasteiger partial charge is 0.204 e. The average Bonchev–Trinajstić information content (AvgIpc) is 1.86. The van der Waals surface area contributed by atoms with E-state index in [9.17, 15) is 10.1 Å². The first-order chi connectivity index (χ1) is 5.04. The molecular weight excluding hydrogens is 150 g/mol. The Hall–Kier alpha value is -0.680. The molecule has 2 unspecified atom stereocenters. The molecular formula is C6H13NO4. The summed E-state index contributed by atoms with van der Waals surface area (Å²) < 4.78 is 0. The predicted molar refractivity (Wildman–Crippen MR) is 38.8 cm³/mol. The Balaban J connectivity index is 3.31. The lowest BCUT2D eigenvalue weighted by molar-refractivity contribution is -0.480. The Labute approximate surface area is 64.8 Å². The van der Waals surface area contributed by atoms with Crippen molar-refractivity contribution in [3.63, 3.8) is 0 Å². The van der Waals surface area contributed by atoms with Crippen molar-refractivity contribution in [2.75, 3.05) is 6.54 Å². The van der Waals surface area contributed by atoms with Gasteiger partial charge in [-0.3, -0.25) is 10.1 Å². The second-order valence-corrected chi connectivity index (χ2v) is 2.51. The predicted octanol–water partition coefficient (Wildman–Crippen LogP) is -0.215. The Bertz CT molecular complexity index is 126. The van der Waals surface area contributed by atoms with Gasteiger partial charge in [-0.25, -0.2) is 0 Å². The zero-order chi connectivity index (χ0) is 8.85. The summed E-state index contributed by atoms with van der Waals surface area (Å²) in [6, 6.07) is 0. The molecule has 0 aliphatic heterocycles. The molecule has 0 bridgehead atoms. The summed E-state index contributed by atoms with van der Waals surface area (Å²) >= 11 is 0. The standard InChI is InChI=1S/C6H13NO4/c1-5(8)6(9)3-2-4-7(10)11/h5-6,8-9H,2-4H2,1H3. The Morgan fingerprint density at radius 2 is 2.09 bits per heavy atom. The fourth-order valence-corrected chi connectivity index (χ4v) is 0.671. The monoisotopic (exact) mass is 163 g/mol. The normalized spacial score (nSPS) is 15.9. The van der Waals surface area contributed by atoms with Crippen molar-refractivity contribution in [1.29, 1.82) is 0 Å². The number of rotatable bonds is 5. The number of nitrogens with zero attached hydrogens (tertiary/aromatic N) is 1. The van der Waals surface area contributed by atoms with Gasteiger partial charge in [0.15, 0.2) is 0 Å². The van der Waals surface area contributed by atoms with Gasteiger partial charge >= 0.3 is 0 Å². The number of aliphatic hydroxyl groups is 2. The van der Waals surface area contributed by atoms with E-state index >= 15 is 0 Å². The van der Waals surface area contributed by atoms with E-state index in [2.05, 4.69) is 0 Å². The van der Waals surface area contributed by atoms with Crippen LogP contribution in [-0.2, 0) is 0 Å². The van der Waals surface area contributed by atoms with E-state index in [4.69, 9.17) is 10.2 Å². The van der Waals surface area contributed by atoms with Gasteiger partial charge in [0.05, 0.1) is 12.2 Å². The van der Waals surface area contributed by atoms with Crippen LogP contribution in [0, 0.1) is 10.1 Å². The molecule has 0 rings (SSSR count). The van der Waals surface area contributed by atoms with Crippen LogP contribution in [0.2, 0.25) is 0 Å². The fourth-order valence-electron chi connectivity index (χ4n) is 0.671. The largest absolute Gasteiger partial charge is 0.391 e. The highest BCUT2D eigenvalue weighted by Crippen LogP contribution is 2.01. The molecule has 0 aliphatic rings. The number of aliphatic hydroxyl groups excluding tert-OH is 2. The van der Waals surface area contributed by atoms with Gasteiger partial charge in [0.1, 0.15) is 0 Å². The van der Waals surface area contributed by atoms with E-state index in [1.54, 1.807) is 0 Å². The van der Waals surface area contributed by atoms with Crippen LogP contribution >= 0.6 is 0 Å². The maximum absolute atomic E-state index is 9.81. The number of nitro groups is 1. The molecule has 0 saturated heterocycles. The minimum Gasteiger partial charge on any atom is -0.391 e. The summed E-state index contributed by atoms with van der Waals surface area (Å²) in [7, 11) is 0. The van der Waals surface area contributed by atoms with Gasteiger partial charge in [-0.05, 0) is 13.3 Å². The summed E-state index contributed by atoms with van der Waals surface area (Å²) in [6.07, 6.45) is -1.06. The first-order valence-electron chi connectivity index (χ1n) is 3.52. The Morgan fingerprint density at radius 1 is 1.55 bits per heavy atom. The van der Waals surface area contributed by atoms with Crippen LogP contribution in [0.25, 0.3) is 0 Å². The highest BCUT2D eigenvalue weighted by atomic mass is 16.6. The van der Waals surface area contributed by atoms with Gasteiger partial charge < -0.3 is 10.2 Å². The topological polar surface area (TPSA) is 83.6 Å². The quantitative estimate of drug-likeness (QED) is 0.433. The van der Waals surface area contributed by atoms with Crippen molar-refractivity contribution < 1.29 is 15.1 Å². The molecule has 0 fully saturated rings. The zero-order valence-electron chi connectivity index (χ0n) is 6.43. The Morgan fingerprint density at radius 3 is 2.45 bits per heavy atom. The van der Waals surface area contributed by atoms with Crippen LogP contribution in [0.3, 0.4) is 0 Å². The highest BCUT2D eigenvalue weighted by molar-refractivity contribution is 4.60. The van der Waals surface area contributed by atoms with Crippen LogP contribution in [0.4, 0.5) is 0 Å². The molecule has 2 N–H and O–H groups in total. The van der Waals surface area contributed by atoms with Crippen LogP contribution in [0.5, 0.6) is 0 Å². The minimum absolute atomic E-state index is 0.149. The molecule has 66 valence electrons. The lowest BCUT2D eigenvalue weighted by Crippen LogP contribution is -2.23. The molecule has 0 amide bonds. The first kappa shape index (κ1) is 10.3. The fraction of sp³-hybridized carbons (Fsp3) is 1.00. The number of hydrogen-bond acceptors (Lipinski definition) is 4. The molecule has 5 heteroatoms. The van der Waals surface area contributed by atoms with E-state index in [0.717, 1.165) is 0 Å². The van der Waals surface area contributed by atoms with Gasteiger partial charge in [0.25, 0.3) is 0 Å². The van der Waals surface area contributed by atoms with E-state index in [1.165, 1.54) is 6.92 Å². The third kappa shape index (κ3) is 5.75. The van der Waals surface area contributed by atoms with Gasteiger partial charge in [0.2, 0.25) is 6.54 Å². The maximum Gasteiger partial charge on any atom is 0.204 e. The van der Waals surface area contributed by atoms with Crippen LogP contribution in [0.15, 0.2) is 0 Å². The van der Waals surface area contributed by atoms with E-state index in [1.807, 2.05) is 0 Å². The average molecular weight is 163 g/mol. The van der Waals surface area contributed by atoms with Crippen molar-refractivity contribution in [3.05, 3.63) is 10.1 Å². The van der Waals surface area contributed by atoms with Gasteiger partial charge in [-0.1, -0.05) is 0 Å². The van der Waals surface area contributed by atoms with Crippen molar-refractivity contribution >= 4 is 0 Å². The second-order valence-electron chi connectivity index (χ2n) is 2.51. The maximum atomic E-state index is 9.81. The summed E-state index contributed by atoms with van der Waals surface area (Å²) in [5.74, 6) is 0. The molecule has 0 aromatic heterocycles. The molecule has 0 heterocycles. The molecule has 0 aliphatic carbocycles. The third-order valence-electron chi connectivity index (χ3n) is 1.40.